The van der Waals surface area contributed by atoms with Crippen molar-refractivity contribution in [1.82, 2.24) is 10.6 Å². The van der Waals surface area contributed by atoms with Crippen LogP contribution in [0.2, 0.25) is 0 Å². The number of amides is 2. The molecule has 1 fully saturated rings. The van der Waals surface area contributed by atoms with Crippen LogP contribution < -0.4 is 16.4 Å². The summed E-state index contributed by atoms with van der Waals surface area (Å²) in [6.07, 6.45) is 0.131. The van der Waals surface area contributed by atoms with Crippen LogP contribution in [-0.2, 0) is 9.59 Å². The number of amidine groups is 1. The number of carbonyl (C=O) groups is 3. The first-order valence-corrected chi connectivity index (χ1v) is 8.02. The van der Waals surface area contributed by atoms with Gasteiger partial charge < -0.3 is 25.9 Å². The minimum atomic E-state index is -1.03. The number of nitrogens with two attached hydrogens (primary N) is 1. The Labute approximate surface area is 148 Å². The van der Waals surface area contributed by atoms with Crippen LogP contribution in [0.1, 0.15) is 29.0 Å². The zero-order valence-electron chi connectivity index (χ0n) is 13.7. The number of rotatable bonds is 6. The van der Waals surface area contributed by atoms with Crippen molar-refractivity contribution in [3.05, 3.63) is 35.6 Å². The molecule has 0 bridgehead atoms. The molecule has 2 heterocycles. The average molecular weight is 358 g/mol. The van der Waals surface area contributed by atoms with Gasteiger partial charge in [-0.25, -0.2) is 0 Å². The van der Waals surface area contributed by atoms with Crippen LogP contribution >= 0.6 is 0 Å². The van der Waals surface area contributed by atoms with Gasteiger partial charge >= 0.3 is 5.97 Å². The lowest BCUT2D eigenvalue weighted by Crippen LogP contribution is -2.38. The van der Waals surface area contributed by atoms with Gasteiger partial charge in [-0.2, -0.15) is 0 Å². The molecule has 1 aliphatic heterocycles. The highest BCUT2D eigenvalue weighted by Crippen LogP contribution is 2.21. The quantitative estimate of drug-likeness (QED) is 0.372. The van der Waals surface area contributed by atoms with Gasteiger partial charge in [0.2, 0.25) is 5.91 Å². The normalized spacial score (nSPS) is 19.3. The van der Waals surface area contributed by atoms with E-state index in [2.05, 4.69) is 10.6 Å². The van der Waals surface area contributed by atoms with Crippen molar-refractivity contribution in [3.63, 3.8) is 0 Å². The Bertz CT molecular complexity index is 904. The van der Waals surface area contributed by atoms with E-state index in [0.717, 1.165) is 0 Å². The molecule has 0 radical (unpaired) electrons. The Morgan fingerprint density at radius 3 is 2.85 bits per heavy atom. The first kappa shape index (κ1) is 17.5. The zero-order chi connectivity index (χ0) is 18.8. The van der Waals surface area contributed by atoms with E-state index in [1.54, 1.807) is 24.3 Å². The highest BCUT2D eigenvalue weighted by molar-refractivity contribution is 6.00. The number of aliphatic carboxylic acids is 1. The van der Waals surface area contributed by atoms with Crippen LogP contribution in [0.25, 0.3) is 11.0 Å². The van der Waals surface area contributed by atoms with E-state index >= 15 is 0 Å². The molecule has 0 unspecified atom stereocenters. The Kier molecular flexibility index (Phi) is 4.61. The topological polar surface area (TPSA) is 159 Å². The maximum absolute atomic E-state index is 12.3. The molecule has 6 N–H and O–H groups in total. The predicted molar refractivity (Wildman–Crippen MR) is 91.9 cm³/mol. The van der Waals surface area contributed by atoms with E-state index in [0.29, 0.717) is 23.0 Å². The third-order valence-electron chi connectivity index (χ3n) is 4.27. The zero-order valence-corrected chi connectivity index (χ0v) is 13.7. The fourth-order valence-electron chi connectivity index (χ4n) is 2.98. The van der Waals surface area contributed by atoms with E-state index in [1.807, 2.05) is 0 Å². The molecule has 26 heavy (non-hydrogen) atoms. The summed E-state index contributed by atoms with van der Waals surface area (Å²) in [5, 5.41) is 22.2. The lowest BCUT2D eigenvalue weighted by molar-refractivity contribution is -0.140. The van der Waals surface area contributed by atoms with Crippen molar-refractivity contribution in [3.8, 4) is 0 Å². The van der Waals surface area contributed by atoms with Crippen molar-refractivity contribution in [2.24, 2.45) is 11.7 Å². The van der Waals surface area contributed by atoms with Crippen molar-refractivity contribution in [1.29, 1.82) is 5.41 Å². The van der Waals surface area contributed by atoms with Gasteiger partial charge in [0, 0.05) is 23.5 Å². The van der Waals surface area contributed by atoms with Gasteiger partial charge in [-0.05, 0) is 30.7 Å². The summed E-state index contributed by atoms with van der Waals surface area (Å²) in [5.41, 5.74) is 6.47. The molecule has 0 aliphatic carbocycles. The molecule has 1 aromatic heterocycles. The van der Waals surface area contributed by atoms with Crippen LogP contribution in [-0.4, -0.2) is 41.3 Å². The third kappa shape index (κ3) is 3.66. The Morgan fingerprint density at radius 1 is 1.38 bits per heavy atom. The summed E-state index contributed by atoms with van der Waals surface area (Å²) >= 11 is 0. The predicted octanol–water partition coefficient (Wildman–Crippen LogP) is 0.426. The van der Waals surface area contributed by atoms with Gasteiger partial charge in [-0.3, -0.25) is 19.8 Å². The largest absolute Gasteiger partial charge is 0.481 e. The van der Waals surface area contributed by atoms with E-state index in [4.69, 9.17) is 20.7 Å². The molecule has 1 aromatic carbocycles. The van der Waals surface area contributed by atoms with Crippen LogP contribution in [0.4, 0.5) is 0 Å². The number of hydrogen-bond acceptors (Lipinski definition) is 5. The van der Waals surface area contributed by atoms with E-state index in [9.17, 15) is 14.4 Å². The first-order valence-electron chi connectivity index (χ1n) is 8.02. The molecule has 3 rings (SSSR count). The first-order chi connectivity index (χ1) is 12.3. The lowest BCUT2D eigenvalue weighted by Gasteiger charge is -2.10. The Hall–Kier alpha value is -3.36. The number of furan rings is 1. The fourth-order valence-corrected chi connectivity index (χ4v) is 2.98. The van der Waals surface area contributed by atoms with Crippen LogP contribution in [0, 0.1) is 11.3 Å². The van der Waals surface area contributed by atoms with Crippen LogP contribution in [0.5, 0.6) is 0 Å². The van der Waals surface area contributed by atoms with Crippen molar-refractivity contribution < 1.29 is 23.9 Å². The molecule has 9 nitrogen and oxygen atoms in total. The number of benzene rings is 1. The van der Waals surface area contributed by atoms with Crippen molar-refractivity contribution in [2.75, 3.05) is 6.54 Å². The maximum atomic E-state index is 12.3. The van der Waals surface area contributed by atoms with Gasteiger partial charge in [0.05, 0.1) is 12.3 Å². The second kappa shape index (κ2) is 6.87. The van der Waals surface area contributed by atoms with Gasteiger partial charge in [-0.15, -0.1) is 0 Å². The molecule has 2 amide bonds. The molecule has 136 valence electrons. The number of nitrogens with one attached hydrogen (secondary N) is 3. The highest BCUT2D eigenvalue weighted by atomic mass is 16.4. The van der Waals surface area contributed by atoms with E-state index in [1.165, 1.54) is 0 Å². The van der Waals surface area contributed by atoms with E-state index < -0.39 is 17.8 Å². The number of carboxylic acids is 1. The smallest absolute Gasteiger partial charge is 0.304 e. The number of carboxylic acid groups (broad SMARTS) is 1. The summed E-state index contributed by atoms with van der Waals surface area (Å²) in [5.74, 6) is -2.33. The standard InChI is InChI=1S/C17H18N4O5/c18-15(19)8-1-2-12-9(3-8)5-13(26-12)17(25)20-7-11-4-10(6-14(22)23)16(24)21-11/h1-3,5,10-11H,4,6-7H2,(H3,18,19)(H,20,25)(H,21,24)(H,22,23)/t10-,11-/m0/s1. The third-order valence-corrected chi connectivity index (χ3v) is 4.27. The Morgan fingerprint density at radius 2 is 2.15 bits per heavy atom. The van der Waals surface area contributed by atoms with Crippen molar-refractivity contribution in [2.45, 2.75) is 18.9 Å². The number of nitrogen functional groups attached to an aromatic ring is 1. The average Bonchev–Trinajstić information content (AvgIpc) is 3.15. The summed E-state index contributed by atoms with van der Waals surface area (Å²) in [6, 6.07) is 6.16. The highest BCUT2D eigenvalue weighted by Gasteiger charge is 2.33. The summed E-state index contributed by atoms with van der Waals surface area (Å²) in [6.45, 7) is 0.177. The molecule has 9 heteroatoms. The molecule has 0 saturated carbocycles. The second-order valence-corrected chi connectivity index (χ2v) is 6.22. The molecule has 2 aromatic rings. The minimum Gasteiger partial charge on any atom is -0.481 e. The SMILES string of the molecule is N=C(N)c1ccc2oc(C(=O)NC[C@@H]3C[C@@H](CC(=O)O)C(=O)N3)cc2c1. The lowest BCUT2D eigenvalue weighted by atomic mass is 10.0. The van der Waals surface area contributed by atoms with Crippen LogP contribution in [0.15, 0.2) is 28.7 Å². The molecular weight excluding hydrogens is 340 g/mol. The monoisotopic (exact) mass is 358 g/mol. The Balaban J connectivity index is 1.62. The molecule has 1 aliphatic rings. The van der Waals surface area contributed by atoms with Gasteiger partial charge in [-0.1, -0.05) is 0 Å². The summed E-state index contributed by atoms with van der Waals surface area (Å²) < 4.78 is 5.49. The van der Waals surface area contributed by atoms with Gasteiger partial charge in [0.25, 0.3) is 5.91 Å². The van der Waals surface area contributed by atoms with Crippen molar-refractivity contribution >= 4 is 34.6 Å². The number of fused-ring (bicyclic) bond motifs is 1. The summed E-state index contributed by atoms with van der Waals surface area (Å²) in [4.78, 5) is 34.7. The number of carbonyl (C=O) groups excluding carboxylic acids is 2. The molecule has 1 saturated heterocycles. The fraction of sp³-hybridized carbons (Fsp3) is 0.294. The molecule has 0 spiro atoms. The summed E-state index contributed by atoms with van der Waals surface area (Å²) in [7, 11) is 0. The number of hydrogen-bond donors (Lipinski definition) is 5. The van der Waals surface area contributed by atoms with Crippen LogP contribution in [0.3, 0.4) is 0 Å². The van der Waals surface area contributed by atoms with Gasteiger partial charge in [0.15, 0.2) is 5.76 Å². The second-order valence-electron chi connectivity index (χ2n) is 6.22. The maximum Gasteiger partial charge on any atom is 0.304 e. The molecule has 2 atom stereocenters. The van der Waals surface area contributed by atoms with E-state index in [-0.39, 0.29) is 36.5 Å². The molecular formula is C17H18N4O5. The van der Waals surface area contributed by atoms with Gasteiger partial charge in [0.1, 0.15) is 11.4 Å². The minimum absolute atomic E-state index is 0.0769.